The molecule has 1 N–H and O–H groups in total. The third-order valence-electron chi connectivity index (χ3n) is 3.78. The lowest BCUT2D eigenvalue weighted by Crippen LogP contribution is -2.45. The second-order valence-electron chi connectivity index (χ2n) is 5.43. The summed E-state index contributed by atoms with van der Waals surface area (Å²) in [6, 6.07) is 1.82. The van der Waals surface area contributed by atoms with Gasteiger partial charge in [-0.1, -0.05) is 6.42 Å². The molecular weight excluding hydrogens is 308 g/mol. The molecule has 0 aromatic carbocycles. The van der Waals surface area contributed by atoms with E-state index >= 15 is 0 Å². The monoisotopic (exact) mass is 330 g/mol. The van der Waals surface area contributed by atoms with Crippen molar-refractivity contribution >= 4 is 27.3 Å². The Hall–Kier alpha value is -0.920. The molecule has 1 amide bonds. The van der Waals surface area contributed by atoms with Gasteiger partial charge in [0.1, 0.15) is 4.21 Å². The largest absolute Gasteiger partial charge is 0.356 e. The van der Waals surface area contributed by atoms with Gasteiger partial charge in [-0.25, -0.2) is 8.42 Å². The van der Waals surface area contributed by atoms with E-state index < -0.39 is 10.0 Å². The van der Waals surface area contributed by atoms with Gasteiger partial charge in [-0.2, -0.15) is 4.31 Å². The first-order valence-electron chi connectivity index (χ1n) is 7.23. The summed E-state index contributed by atoms with van der Waals surface area (Å²) in [5.41, 5.74) is 0.811. The number of hydrogen-bond donors (Lipinski definition) is 1. The average Bonchev–Trinajstić information content (AvgIpc) is 2.86. The fraction of sp³-hybridized carbons (Fsp3) is 0.643. The smallest absolute Gasteiger partial charge is 0.253 e. The Bertz CT molecular complexity index is 595. The number of nitrogens with zero attached hydrogens (tertiary/aromatic N) is 1. The van der Waals surface area contributed by atoms with Gasteiger partial charge in [0, 0.05) is 26.1 Å². The lowest BCUT2D eigenvalue weighted by Gasteiger charge is -2.34. The van der Waals surface area contributed by atoms with Crippen molar-refractivity contribution in [1.29, 1.82) is 0 Å². The van der Waals surface area contributed by atoms with Crippen molar-refractivity contribution in [3.05, 3.63) is 17.0 Å². The third kappa shape index (κ3) is 3.84. The van der Waals surface area contributed by atoms with E-state index in [1.807, 2.05) is 18.4 Å². The van der Waals surface area contributed by atoms with E-state index in [1.54, 1.807) is 4.31 Å². The summed E-state index contributed by atoms with van der Waals surface area (Å²) in [7, 11) is -3.41. The number of hydrogen-bond acceptors (Lipinski definition) is 4. The minimum absolute atomic E-state index is 0.0166. The lowest BCUT2D eigenvalue weighted by atomic mass is 10.0. The Kier molecular flexibility index (Phi) is 5.40. The number of sulfonamides is 1. The molecule has 1 aromatic rings. The predicted molar refractivity (Wildman–Crippen MR) is 83.9 cm³/mol. The molecule has 0 aliphatic carbocycles. The molecule has 118 valence electrons. The van der Waals surface area contributed by atoms with Crippen molar-refractivity contribution in [1.82, 2.24) is 9.62 Å². The first-order chi connectivity index (χ1) is 9.93. The molecule has 2 heterocycles. The molecule has 0 spiro atoms. The lowest BCUT2D eigenvalue weighted by molar-refractivity contribution is -0.119. The number of carbonyl (C=O) groups is 1. The van der Waals surface area contributed by atoms with E-state index in [0.717, 1.165) is 24.8 Å². The maximum Gasteiger partial charge on any atom is 0.253 e. The van der Waals surface area contributed by atoms with Gasteiger partial charge in [0.2, 0.25) is 5.91 Å². The van der Waals surface area contributed by atoms with E-state index in [9.17, 15) is 13.2 Å². The molecule has 5 nitrogen and oxygen atoms in total. The summed E-state index contributed by atoms with van der Waals surface area (Å²) < 4.78 is 27.7. The van der Waals surface area contributed by atoms with Gasteiger partial charge in [0.15, 0.2) is 0 Å². The molecule has 0 unspecified atom stereocenters. The second kappa shape index (κ2) is 6.89. The molecule has 21 heavy (non-hydrogen) atoms. The van der Waals surface area contributed by atoms with Crippen molar-refractivity contribution < 1.29 is 13.2 Å². The van der Waals surface area contributed by atoms with Crippen LogP contribution >= 0.6 is 11.3 Å². The summed E-state index contributed by atoms with van der Waals surface area (Å²) in [4.78, 5) is 11.0. The van der Waals surface area contributed by atoms with Crippen LogP contribution in [0.1, 0.15) is 38.2 Å². The summed E-state index contributed by atoms with van der Waals surface area (Å²) in [6.07, 6.45) is 3.48. The van der Waals surface area contributed by atoms with Crippen LogP contribution in [0.15, 0.2) is 15.7 Å². The summed E-state index contributed by atoms with van der Waals surface area (Å²) >= 11 is 1.28. The highest BCUT2D eigenvalue weighted by molar-refractivity contribution is 7.91. The number of aryl methyl sites for hydroxylation is 1. The Morgan fingerprint density at radius 2 is 2.24 bits per heavy atom. The predicted octanol–water partition coefficient (Wildman–Crippen LogP) is 2.13. The highest BCUT2D eigenvalue weighted by atomic mass is 32.2. The molecule has 1 aromatic heterocycles. The van der Waals surface area contributed by atoms with Gasteiger partial charge in [0.25, 0.3) is 10.0 Å². The second-order valence-corrected chi connectivity index (χ2v) is 8.43. The van der Waals surface area contributed by atoms with Crippen LogP contribution in [0.2, 0.25) is 0 Å². The van der Waals surface area contributed by atoms with Crippen LogP contribution in [0.3, 0.4) is 0 Å². The maximum atomic E-state index is 12.8. The molecule has 1 aliphatic rings. The van der Waals surface area contributed by atoms with Crippen LogP contribution in [-0.4, -0.2) is 37.8 Å². The summed E-state index contributed by atoms with van der Waals surface area (Å²) in [5, 5.41) is 4.57. The third-order valence-corrected chi connectivity index (χ3v) is 7.40. The van der Waals surface area contributed by atoms with Crippen LogP contribution in [0.5, 0.6) is 0 Å². The molecule has 0 radical (unpaired) electrons. The standard InChI is InChI=1S/C14H22N2O3S2/c1-11-7-10-20-14(11)21(18,19)16-9-4-3-5-13(16)6-8-15-12(2)17/h7,10,13H,3-6,8-9H2,1-2H3,(H,15,17)/t13-/m0/s1. The Labute approximate surface area is 130 Å². The molecule has 7 heteroatoms. The quantitative estimate of drug-likeness (QED) is 0.899. The van der Waals surface area contributed by atoms with E-state index in [1.165, 1.54) is 18.3 Å². The van der Waals surface area contributed by atoms with Crippen molar-refractivity contribution in [2.75, 3.05) is 13.1 Å². The number of amides is 1. The van der Waals surface area contributed by atoms with Crippen molar-refractivity contribution in [3.8, 4) is 0 Å². The molecule has 0 saturated carbocycles. The Balaban J connectivity index is 2.14. The van der Waals surface area contributed by atoms with Gasteiger partial charge in [-0.05, 0) is 43.2 Å². The van der Waals surface area contributed by atoms with Gasteiger partial charge in [-0.3, -0.25) is 4.79 Å². The van der Waals surface area contributed by atoms with E-state index in [2.05, 4.69) is 5.32 Å². The van der Waals surface area contributed by atoms with Crippen LogP contribution < -0.4 is 5.32 Å². The number of carbonyl (C=O) groups excluding carboxylic acids is 1. The van der Waals surface area contributed by atoms with Crippen LogP contribution in [-0.2, 0) is 14.8 Å². The van der Waals surface area contributed by atoms with Gasteiger partial charge >= 0.3 is 0 Å². The van der Waals surface area contributed by atoms with E-state index in [4.69, 9.17) is 0 Å². The first-order valence-corrected chi connectivity index (χ1v) is 9.55. The zero-order chi connectivity index (χ0) is 15.5. The fourth-order valence-electron chi connectivity index (χ4n) is 2.72. The minimum atomic E-state index is -3.41. The van der Waals surface area contributed by atoms with Crippen LogP contribution in [0.25, 0.3) is 0 Å². The van der Waals surface area contributed by atoms with E-state index in [-0.39, 0.29) is 11.9 Å². The SMILES string of the molecule is CC(=O)NCC[C@@H]1CCCCN1S(=O)(=O)c1sccc1C. The maximum absolute atomic E-state index is 12.8. The van der Waals surface area contributed by atoms with Crippen LogP contribution in [0.4, 0.5) is 0 Å². The topological polar surface area (TPSA) is 66.5 Å². The normalized spacial score (nSPS) is 20.4. The zero-order valence-electron chi connectivity index (χ0n) is 12.5. The molecule has 1 fully saturated rings. The van der Waals surface area contributed by atoms with Gasteiger partial charge in [0.05, 0.1) is 0 Å². The number of thiophene rings is 1. The number of nitrogens with one attached hydrogen (secondary N) is 1. The molecule has 2 rings (SSSR count). The molecule has 0 bridgehead atoms. The summed E-state index contributed by atoms with van der Waals surface area (Å²) in [5.74, 6) is -0.0747. The first kappa shape index (κ1) is 16.5. The highest BCUT2D eigenvalue weighted by Gasteiger charge is 2.34. The minimum Gasteiger partial charge on any atom is -0.356 e. The van der Waals surface area contributed by atoms with Crippen LogP contribution in [0, 0.1) is 6.92 Å². The Morgan fingerprint density at radius 1 is 1.48 bits per heavy atom. The van der Waals surface area contributed by atoms with Gasteiger partial charge < -0.3 is 5.32 Å². The molecule has 1 saturated heterocycles. The summed E-state index contributed by atoms with van der Waals surface area (Å²) in [6.45, 7) is 4.41. The highest BCUT2D eigenvalue weighted by Crippen LogP contribution is 2.31. The van der Waals surface area contributed by atoms with E-state index in [0.29, 0.717) is 23.7 Å². The number of piperidine rings is 1. The van der Waals surface area contributed by atoms with Crippen molar-refractivity contribution in [2.24, 2.45) is 0 Å². The molecule has 1 atom stereocenters. The van der Waals surface area contributed by atoms with Crippen molar-refractivity contribution in [2.45, 2.75) is 49.8 Å². The fourth-order valence-corrected chi connectivity index (χ4v) is 5.97. The van der Waals surface area contributed by atoms with Crippen molar-refractivity contribution in [3.63, 3.8) is 0 Å². The zero-order valence-corrected chi connectivity index (χ0v) is 14.1. The van der Waals surface area contributed by atoms with Gasteiger partial charge in [-0.15, -0.1) is 11.3 Å². The number of rotatable bonds is 5. The Morgan fingerprint density at radius 3 is 2.86 bits per heavy atom. The average molecular weight is 330 g/mol. The molecule has 1 aliphatic heterocycles. The molecular formula is C14H22N2O3S2.